The molecule has 19 heavy (non-hydrogen) atoms. The lowest BCUT2D eigenvalue weighted by Crippen LogP contribution is -2.34. The number of hydrogen-bond donors (Lipinski definition) is 2. The van der Waals surface area contributed by atoms with Gasteiger partial charge in [0.15, 0.2) is 0 Å². The first-order valence-electron chi connectivity index (χ1n) is 6.21. The Balaban J connectivity index is 2.29. The Kier molecular flexibility index (Phi) is 5.63. The molecule has 2 N–H and O–H groups in total. The van der Waals surface area contributed by atoms with Gasteiger partial charge in [-0.25, -0.2) is 4.79 Å². The van der Waals surface area contributed by atoms with Crippen LogP contribution in [0.15, 0.2) is 24.3 Å². The van der Waals surface area contributed by atoms with E-state index in [1.165, 1.54) is 0 Å². The van der Waals surface area contributed by atoms with E-state index in [1.54, 1.807) is 32.9 Å². The van der Waals surface area contributed by atoms with E-state index in [2.05, 4.69) is 5.32 Å². The van der Waals surface area contributed by atoms with Gasteiger partial charge < -0.3 is 19.9 Å². The molecule has 0 aliphatic rings. The smallest absolute Gasteiger partial charge is 0.407 e. The summed E-state index contributed by atoms with van der Waals surface area (Å²) in [6.07, 6.45) is -0.466. The Morgan fingerprint density at radius 1 is 1.32 bits per heavy atom. The average molecular weight is 267 g/mol. The maximum Gasteiger partial charge on any atom is 0.407 e. The summed E-state index contributed by atoms with van der Waals surface area (Å²) in [6, 6.07) is 7.23. The van der Waals surface area contributed by atoms with E-state index in [0.717, 1.165) is 5.56 Å². The minimum Gasteiger partial charge on any atom is -0.491 e. The van der Waals surface area contributed by atoms with E-state index in [9.17, 15) is 4.79 Å². The van der Waals surface area contributed by atoms with Crippen LogP contribution in [0.4, 0.5) is 4.79 Å². The molecular formula is C14H21NO4. The second kappa shape index (κ2) is 6.99. The van der Waals surface area contributed by atoms with Crippen LogP contribution < -0.4 is 10.1 Å². The van der Waals surface area contributed by atoms with Gasteiger partial charge in [0.25, 0.3) is 0 Å². The van der Waals surface area contributed by atoms with Crippen LogP contribution in [0.5, 0.6) is 5.75 Å². The molecule has 0 aromatic heterocycles. The fourth-order valence-electron chi connectivity index (χ4n) is 1.40. The number of amides is 1. The summed E-state index contributed by atoms with van der Waals surface area (Å²) < 4.78 is 10.6. The first-order chi connectivity index (χ1) is 8.92. The summed E-state index contributed by atoms with van der Waals surface area (Å²) in [4.78, 5) is 11.4. The van der Waals surface area contributed by atoms with E-state index in [1.807, 2.05) is 12.1 Å². The molecule has 0 bridgehead atoms. The lowest BCUT2D eigenvalue weighted by atomic mass is 10.2. The van der Waals surface area contributed by atoms with Gasteiger partial charge in [0.1, 0.15) is 18.0 Å². The molecule has 5 heteroatoms. The molecule has 106 valence electrons. The Bertz CT molecular complexity index is 412. The molecule has 1 aromatic carbocycles. The van der Waals surface area contributed by atoms with Crippen molar-refractivity contribution < 1.29 is 19.4 Å². The zero-order valence-corrected chi connectivity index (χ0v) is 11.6. The van der Waals surface area contributed by atoms with Crippen molar-refractivity contribution in [3.05, 3.63) is 29.8 Å². The summed E-state index contributed by atoms with van der Waals surface area (Å²) in [6.45, 7) is 6.00. The quantitative estimate of drug-likeness (QED) is 0.801. The molecule has 0 radical (unpaired) electrons. The number of rotatable bonds is 5. The maximum atomic E-state index is 11.4. The van der Waals surface area contributed by atoms with Gasteiger partial charge in [0.05, 0.1) is 13.2 Å². The van der Waals surface area contributed by atoms with E-state index < -0.39 is 11.7 Å². The molecule has 1 aromatic rings. The van der Waals surface area contributed by atoms with Crippen LogP contribution >= 0.6 is 0 Å². The van der Waals surface area contributed by atoms with Gasteiger partial charge in [-0.2, -0.15) is 0 Å². The molecule has 0 unspecified atom stereocenters. The van der Waals surface area contributed by atoms with Crippen molar-refractivity contribution in [2.24, 2.45) is 0 Å². The van der Waals surface area contributed by atoms with Crippen LogP contribution in [0.25, 0.3) is 0 Å². The minimum absolute atomic E-state index is 0.0737. The van der Waals surface area contributed by atoms with Gasteiger partial charge in [-0.3, -0.25) is 0 Å². The summed E-state index contributed by atoms with van der Waals surface area (Å²) in [5.74, 6) is 0.621. The number of alkyl carbamates (subject to hydrolysis) is 1. The Hall–Kier alpha value is -1.75. The van der Waals surface area contributed by atoms with Crippen molar-refractivity contribution in [3.8, 4) is 5.75 Å². The third kappa shape index (κ3) is 6.10. The monoisotopic (exact) mass is 267 g/mol. The lowest BCUT2D eigenvalue weighted by Gasteiger charge is -2.19. The van der Waals surface area contributed by atoms with Crippen LogP contribution in [0, 0.1) is 0 Å². The number of hydrogen-bond acceptors (Lipinski definition) is 4. The van der Waals surface area contributed by atoms with Crippen molar-refractivity contribution in [1.82, 2.24) is 5.32 Å². The van der Waals surface area contributed by atoms with Gasteiger partial charge in [-0.1, -0.05) is 18.2 Å². The molecule has 0 atom stereocenters. The summed E-state index contributed by atoms with van der Waals surface area (Å²) in [5.41, 5.74) is 0.216. The standard InChI is InChI=1S/C14H21NO4/c1-14(2,3)19-13(17)15-8-9-18-12-7-5-4-6-11(12)10-16/h4-7,16H,8-10H2,1-3H3,(H,15,17). The largest absolute Gasteiger partial charge is 0.491 e. The van der Waals surface area contributed by atoms with Gasteiger partial charge >= 0.3 is 6.09 Å². The third-order valence-corrected chi connectivity index (χ3v) is 2.17. The highest BCUT2D eigenvalue weighted by molar-refractivity contribution is 5.67. The Morgan fingerprint density at radius 2 is 2.00 bits per heavy atom. The average Bonchev–Trinajstić information content (AvgIpc) is 2.33. The van der Waals surface area contributed by atoms with E-state index in [-0.39, 0.29) is 6.61 Å². The molecule has 0 aliphatic carbocycles. The Labute approximate surface area is 113 Å². The third-order valence-electron chi connectivity index (χ3n) is 2.17. The normalized spacial score (nSPS) is 10.9. The maximum absolute atomic E-state index is 11.4. The number of benzene rings is 1. The van der Waals surface area contributed by atoms with Crippen molar-refractivity contribution in [2.75, 3.05) is 13.2 Å². The molecule has 0 saturated heterocycles. The molecule has 0 fully saturated rings. The van der Waals surface area contributed by atoms with Crippen LogP contribution in [0.2, 0.25) is 0 Å². The van der Waals surface area contributed by atoms with E-state index in [4.69, 9.17) is 14.6 Å². The number of ether oxygens (including phenoxy) is 2. The number of carbonyl (C=O) groups excluding carboxylic acids is 1. The number of nitrogens with one attached hydrogen (secondary N) is 1. The fourth-order valence-corrected chi connectivity index (χ4v) is 1.40. The second-order valence-electron chi connectivity index (χ2n) is 5.04. The highest BCUT2D eigenvalue weighted by atomic mass is 16.6. The SMILES string of the molecule is CC(C)(C)OC(=O)NCCOc1ccccc1CO. The molecule has 5 nitrogen and oxygen atoms in total. The van der Waals surface area contributed by atoms with Crippen molar-refractivity contribution in [2.45, 2.75) is 33.0 Å². The summed E-state index contributed by atoms with van der Waals surface area (Å²) in [5, 5.41) is 11.7. The molecule has 0 heterocycles. The molecule has 0 aliphatic heterocycles. The van der Waals surface area contributed by atoms with E-state index >= 15 is 0 Å². The van der Waals surface area contributed by atoms with Crippen molar-refractivity contribution in [3.63, 3.8) is 0 Å². The zero-order chi connectivity index (χ0) is 14.3. The summed E-state index contributed by atoms with van der Waals surface area (Å²) >= 11 is 0. The van der Waals surface area contributed by atoms with Gasteiger partial charge in [-0.05, 0) is 26.8 Å². The fraction of sp³-hybridized carbons (Fsp3) is 0.500. The van der Waals surface area contributed by atoms with Crippen LogP contribution in [0.3, 0.4) is 0 Å². The molecule has 0 spiro atoms. The van der Waals surface area contributed by atoms with Crippen LogP contribution in [-0.4, -0.2) is 30.0 Å². The van der Waals surface area contributed by atoms with E-state index in [0.29, 0.717) is 18.9 Å². The molecule has 1 rings (SSSR count). The Morgan fingerprint density at radius 3 is 2.63 bits per heavy atom. The van der Waals surface area contributed by atoms with Crippen LogP contribution in [0.1, 0.15) is 26.3 Å². The zero-order valence-electron chi connectivity index (χ0n) is 11.6. The first kappa shape index (κ1) is 15.3. The lowest BCUT2D eigenvalue weighted by molar-refractivity contribution is 0.0520. The van der Waals surface area contributed by atoms with Gasteiger partial charge in [-0.15, -0.1) is 0 Å². The second-order valence-corrected chi connectivity index (χ2v) is 5.04. The number of para-hydroxylation sites is 1. The van der Waals surface area contributed by atoms with Crippen molar-refractivity contribution in [1.29, 1.82) is 0 Å². The number of carbonyl (C=O) groups is 1. The summed E-state index contributed by atoms with van der Waals surface area (Å²) in [7, 11) is 0. The highest BCUT2D eigenvalue weighted by Gasteiger charge is 2.15. The van der Waals surface area contributed by atoms with Crippen molar-refractivity contribution >= 4 is 6.09 Å². The molecular weight excluding hydrogens is 246 g/mol. The predicted molar refractivity (Wildman–Crippen MR) is 72.1 cm³/mol. The van der Waals surface area contributed by atoms with Crippen LogP contribution in [-0.2, 0) is 11.3 Å². The number of aliphatic hydroxyl groups is 1. The number of aliphatic hydroxyl groups excluding tert-OH is 1. The minimum atomic E-state index is -0.506. The highest BCUT2D eigenvalue weighted by Crippen LogP contribution is 2.17. The molecule has 1 amide bonds. The first-order valence-corrected chi connectivity index (χ1v) is 6.21. The predicted octanol–water partition coefficient (Wildman–Crippen LogP) is 2.08. The molecule has 0 saturated carbocycles. The van der Waals surface area contributed by atoms with Gasteiger partial charge in [0, 0.05) is 5.56 Å². The van der Waals surface area contributed by atoms with Gasteiger partial charge in [0.2, 0.25) is 0 Å². The topological polar surface area (TPSA) is 67.8 Å².